The molecule has 1 aliphatic carbocycles. The number of nitrogens with zero attached hydrogens (tertiary/aromatic N) is 1. The minimum absolute atomic E-state index is 0.0281. The summed E-state index contributed by atoms with van der Waals surface area (Å²) in [7, 11) is 0. The lowest BCUT2D eigenvalue weighted by molar-refractivity contribution is 0.291. The molecule has 9 rings (SSSR count). The van der Waals surface area contributed by atoms with E-state index in [-0.39, 0.29) is 59.0 Å². The third-order valence-electron chi connectivity index (χ3n) is 10.3. The van der Waals surface area contributed by atoms with Crippen molar-refractivity contribution in [2.75, 3.05) is 11.5 Å². The summed E-state index contributed by atoms with van der Waals surface area (Å²) in [5.41, 5.74) is 4.37. The quantitative estimate of drug-likeness (QED) is 0.164. The standard InChI is InChI=1S/C42H46BNO3S/c1-22-12-29-35-32(13-22)46-36-26-17-31-28(42(10,11)21-45-31)18-30(26)47-37(36)43(35)34-27-19-41(8,9)20-33(27)48-38(34)44(29)25-15-23(39(2,3)4)14-24(16-25)40(5,6)7/h12-18H,19-21H2,1-11H3/i12D,13D,14D,15D,16D,17D,18D. The summed E-state index contributed by atoms with van der Waals surface area (Å²) < 4.78 is 86.9. The molecule has 0 N–H and O–H groups in total. The second kappa shape index (κ2) is 9.32. The van der Waals surface area contributed by atoms with Crippen molar-refractivity contribution in [1.29, 1.82) is 0 Å². The number of ether oxygens (including phenoxy) is 2. The molecule has 246 valence electrons. The molecule has 3 aliphatic heterocycles. The van der Waals surface area contributed by atoms with E-state index in [1.807, 2.05) is 60.3 Å². The van der Waals surface area contributed by atoms with Crippen molar-refractivity contribution < 1.29 is 23.5 Å². The fraction of sp³-hybridized carbons (Fsp3) is 0.429. The van der Waals surface area contributed by atoms with Gasteiger partial charge in [0.05, 0.1) is 26.6 Å². The van der Waals surface area contributed by atoms with Crippen LogP contribution in [0, 0.1) is 12.3 Å². The fourth-order valence-electron chi connectivity index (χ4n) is 7.76. The third kappa shape index (κ3) is 4.27. The Morgan fingerprint density at radius 3 is 2.25 bits per heavy atom. The molecule has 0 bridgehead atoms. The molecule has 0 fully saturated rings. The Labute approximate surface area is 299 Å². The van der Waals surface area contributed by atoms with Gasteiger partial charge in [-0.1, -0.05) is 75.3 Å². The lowest BCUT2D eigenvalue weighted by Crippen LogP contribution is -2.59. The molecule has 0 saturated carbocycles. The number of rotatable bonds is 1. The van der Waals surface area contributed by atoms with Crippen LogP contribution in [0.3, 0.4) is 0 Å². The van der Waals surface area contributed by atoms with E-state index in [2.05, 4.69) is 13.8 Å². The average molecular weight is 663 g/mol. The average Bonchev–Trinajstić information content (AvgIpc) is 3.77. The number of fused-ring (bicyclic) bond motifs is 9. The molecule has 0 atom stereocenters. The highest BCUT2D eigenvalue weighted by atomic mass is 32.1. The normalized spacial score (nSPS) is 20.3. The lowest BCUT2D eigenvalue weighted by atomic mass is 9.36. The van der Waals surface area contributed by atoms with Gasteiger partial charge in [-0.25, -0.2) is 0 Å². The van der Waals surface area contributed by atoms with Gasteiger partial charge in [0.1, 0.15) is 22.7 Å². The van der Waals surface area contributed by atoms with Crippen LogP contribution in [0.25, 0.3) is 11.0 Å². The van der Waals surface area contributed by atoms with Gasteiger partial charge in [0.15, 0.2) is 5.75 Å². The Hall–Kier alpha value is -3.64. The van der Waals surface area contributed by atoms with Gasteiger partial charge < -0.3 is 18.8 Å². The Bertz CT molecular complexity index is 2570. The third-order valence-corrected chi connectivity index (χ3v) is 11.5. The first kappa shape index (κ1) is 23.7. The zero-order valence-corrected chi connectivity index (χ0v) is 30.6. The summed E-state index contributed by atoms with van der Waals surface area (Å²) in [4.78, 5) is 3.10. The molecule has 48 heavy (non-hydrogen) atoms. The molecule has 4 nitrogen and oxygen atoms in total. The summed E-state index contributed by atoms with van der Waals surface area (Å²) in [5, 5.41) is 1.12. The van der Waals surface area contributed by atoms with Crippen LogP contribution in [0.15, 0.2) is 46.7 Å². The van der Waals surface area contributed by atoms with Crippen LogP contribution in [-0.2, 0) is 29.1 Å². The minimum atomic E-state index is -0.638. The highest BCUT2D eigenvalue weighted by Crippen LogP contribution is 2.52. The van der Waals surface area contributed by atoms with Crippen LogP contribution >= 0.6 is 11.3 Å². The molecule has 0 spiro atoms. The predicted molar refractivity (Wildman–Crippen MR) is 202 cm³/mol. The molecule has 4 aliphatic rings. The summed E-state index contributed by atoms with van der Waals surface area (Å²) in [6.45, 7) is 21.9. The Balaban J connectivity index is 1.45. The number of benzene rings is 3. The number of furan rings is 1. The number of thiophene rings is 1. The first-order valence-corrected chi connectivity index (χ1v) is 17.8. The van der Waals surface area contributed by atoms with Crippen LogP contribution in [0.5, 0.6) is 17.2 Å². The maximum absolute atomic E-state index is 9.87. The predicted octanol–water partition coefficient (Wildman–Crippen LogP) is 9.60. The van der Waals surface area contributed by atoms with Crippen molar-refractivity contribution in [2.45, 2.75) is 105 Å². The van der Waals surface area contributed by atoms with E-state index in [9.17, 15) is 9.60 Å². The summed E-state index contributed by atoms with van der Waals surface area (Å²) in [5.74, 6) is 0.888. The van der Waals surface area contributed by atoms with Gasteiger partial charge in [-0.05, 0) is 100.0 Å². The lowest BCUT2D eigenvalue weighted by Gasteiger charge is -2.39. The van der Waals surface area contributed by atoms with E-state index in [1.54, 1.807) is 18.3 Å². The highest BCUT2D eigenvalue weighted by molar-refractivity contribution is 7.20. The first-order chi connectivity index (χ1) is 25.4. The molecule has 0 unspecified atom stereocenters. The van der Waals surface area contributed by atoms with Crippen molar-refractivity contribution in [2.24, 2.45) is 5.41 Å². The van der Waals surface area contributed by atoms with Gasteiger partial charge in [0.2, 0.25) is 0 Å². The molecule has 0 amide bonds. The van der Waals surface area contributed by atoms with Gasteiger partial charge >= 0.3 is 6.71 Å². The van der Waals surface area contributed by atoms with Crippen molar-refractivity contribution in [3.05, 3.63) is 75.0 Å². The van der Waals surface area contributed by atoms with E-state index in [1.165, 1.54) is 4.88 Å². The maximum atomic E-state index is 9.87. The van der Waals surface area contributed by atoms with E-state index >= 15 is 0 Å². The van der Waals surface area contributed by atoms with E-state index in [0.29, 0.717) is 68.2 Å². The Morgan fingerprint density at radius 2 is 1.56 bits per heavy atom. The smallest absolute Gasteiger partial charge is 0.302 e. The second-order valence-electron chi connectivity index (χ2n) is 17.7. The van der Waals surface area contributed by atoms with Crippen molar-refractivity contribution in [3.8, 4) is 17.2 Å². The van der Waals surface area contributed by atoms with Gasteiger partial charge in [-0.3, -0.25) is 0 Å². The summed E-state index contributed by atoms with van der Waals surface area (Å²) >= 11 is 1.62. The van der Waals surface area contributed by atoms with Gasteiger partial charge in [0.25, 0.3) is 0 Å². The zero-order valence-electron chi connectivity index (χ0n) is 36.8. The van der Waals surface area contributed by atoms with Gasteiger partial charge in [-0.15, -0.1) is 11.3 Å². The van der Waals surface area contributed by atoms with Crippen molar-refractivity contribution in [1.82, 2.24) is 0 Å². The van der Waals surface area contributed by atoms with Crippen molar-refractivity contribution >= 4 is 62.0 Å². The van der Waals surface area contributed by atoms with E-state index in [0.717, 1.165) is 28.9 Å². The first-order valence-electron chi connectivity index (χ1n) is 20.5. The molecule has 3 aromatic carbocycles. The summed E-state index contributed by atoms with van der Waals surface area (Å²) in [6, 6.07) is 0.730. The summed E-state index contributed by atoms with van der Waals surface area (Å²) in [6.07, 6.45) is 1.59. The van der Waals surface area contributed by atoms with E-state index in [4.69, 9.17) is 13.9 Å². The number of anilines is 3. The molecule has 0 radical (unpaired) electrons. The van der Waals surface area contributed by atoms with Crippen LogP contribution in [0.1, 0.15) is 112 Å². The molecule has 2 aromatic heterocycles. The minimum Gasteiger partial charge on any atom is -0.492 e. The molecular formula is C42H46BNO3S. The van der Waals surface area contributed by atoms with Gasteiger partial charge in [0, 0.05) is 32.7 Å². The maximum Gasteiger partial charge on any atom is 0.302 e. The zero-order chi connectivity index (χ0) is 40.0. The highest BCUT2D eigenvalue weighted by Gasteiger charge is 2.50. The Kier molecular flexibility index (Phi) is 4.60. The monoisotopic (exact) mass is 662 g/mol. The topological polar surface area (TPSA) is 34.8 Å². The molecule has 0 saturated heterocycles. The number of hydrogen-bond donors (Lipinski definition) is 0. The molecule has 5 heterocycles. The second-order valence-corrected chi connectivity index (χ2v) is 18.8. The SMILES string of the molecule is [2H]c1c(C)c([2H])c2c3c1Oc1c(oc4c([2H])c5c(c([2H])c14)OCC5(C)C)B3c1c(sc3c1CC(C)(C)C3)N2c1c([2H])c(C(C)(C)C)c([2H])c(C(C)(C)C)c1[2H]. The molecule has 6 heteroatoms. The Morgan fingerprint density at radius 1 is 0.854 bits per heavy atom. The fourth-order valence-corrected chi connectivity index (χ4v) is 9.38. The molecule has 5 aromatic rings. The van der Waals surface area contributed by atoms with Crippen LogP contribution < -0.4 is 31.0 Å². The van der Waals surface area contributed by atoms with Crippen LogP contribution in [0.4, 0.5) is 16.4 Å². The number of hydrogen-bond acceptors (Lipinski definition) is 5. The molecular weight excluding hydrogens is 609 g/mol. The van der Waals surface area contributed by atoms with Crippen LogP contribution in [-0.4, -0.2) is 13.3 Å². The van der Waals surface area contributed by atoms with Crippen LogP contribution in [0.2, 0.25) is 0 Å². The van der Waals surface area contributed by atoms with Gasteiger partial charge in [-0.2, -0.15) is 0 Å². The van der Waals surface area contributed by atoms with Crippen molar-refractivity contribution in [3.63, 3.8) is 0 Å². The largest absolute Gasteiger partial charge is 0.492 e. The van der Waals surface area contributed by atoms with E-state index < -0.39 is 23.0 Å².